The molecular formula is C12H19Cl2N3O. The maximum absolute atomic E-state index is 9.10. The highest BCUT2D eigenvalue weighted by Gasteiger charge is 2.23. The van der Waals surface area contributed by atoms with E-state index < -0.39 is 0 Å². The van der Waals surface area contributed by atoms with Crippen molar-refractivity contribution in [2.75, 3.05) is 24.3 Å². The van der Waals surface area contributed by atoms with Gasteiger partial charge in [0.1, 0.15) is 11.6 Å². The lowest BCUT2D eigenvalue weighted by molar-refractivity contribution is 0.252. The number of aliphatic hydroxyl groups is 1. The third-order valence-electron chi connectivity index (χ3n) is 3.03. The van der Waals surface area contributed by atoms with E-state index in [-0.39, 0.29) is 12.1 Å². The average Bonchev–Trinajstić information content (AvgIpc) is 2.33. The van der Waals surface area contributed by atoms with Gasteiger partial charge in [-0.15, -0.1) is 0 Å². The number of hydrogen-bond acceptors (Lipinski definition) is 4. The molecule has 1 heterocycles. The molecule has 0 bridgehead atoms. The Morgan fingerprint density at radius 1 is 1.33 bits per heavy atom. The zero-order valence-corrected chi connectivity index (χ0v) is 12.4. The molecule has 1 atom stereocenters. The first-order valence-corrected chi connectivity index (χ1v) is 6.64. The van der Waals surface area contributed by atoms with E-state index in [0.717, 1.165) is 6.42 Å². The Bertz CT molecular complexity index is 415. The summed E-state index contributed by atoms with van der Waals surface area (Å²) in [5, 5.41) is 16.2. The van der Waals surface area contributed by atoms with E-state index in [0.29, 0.717) is 28.1 Å². The third-order valence-corrected chi connectivity index (χ3v) is 3.61. The monoisotopic (exact) mass is 291 g/mol. The second-order valence-electron chi connectivity index (χ2n) is 4.41. The number of pyridine rings is 1. The van der Waals surface area contributed by atoms with Crippen LogP contribution >= 0.6 is 23.2 Å². The van der Waals surface area contributed by atoms with Crippen molar-refractivity contribution < 1.29 is 5.11 Å². The third kappa shape index (κ3) is 3.64. The van der Waals surface area contributed by atoms with Crippen molar-refractivity contribution in [2.45, 2.75) is 32.2 Å². The molecule has 4 nitrogen and oxygen atoms in total. The fraction of sp³-hybridized carbons (Fsp3) is 0.583. The van der Waals surface area contributed by atoms with Crippen LogP contribution in [-0.2, 0) is 0 Å². The van der Waals surface area contributed by atoms with Crippen molar-refractivity contribution in [3.63, 3.8) is 0 Å². The zero-order valence-electron chi connectivity index (χ0n) is 10.8. The van der Waals surface area contributed by atoms with Gasteiger partial charge in [-0.2, -0.15) is 0 Å². The Hall–Kier alpha value is -0.710. The van der Waals surface area contributed by atoms with Gasteiger partial charge >= 0.3 is 0 Å². The second kappa shape index (κ2) is 6.45. The Morgan fingerprint density at radius 3 is 2.44 bits per heavy atom. The van der Waals surface area contributed by atoms with Crippen LogP contribution in [0.1, 0.15) is 26.7 Å². The van der Waals surface area contributed by atoms with Crippen LogP contribution in [-0.4, -0.2) is 29.3 Å². The summed E-state index contributed by atoms with van der Waals surface area (Å²) in [6.07, 6.45) is 1.47. The first kappa shape index (κ1) is 15.3. The van der Waals surface area contributed by atoms with Crippen LogP contribution in [0.4, 0.5) is 11.6 Å². The molecule has 0 radical (unpaired) electrons. The summed E-state index contributed by atoms with van der Waals surface area (Å²) >= 11 is 12.1. The van der Waals surface area contributed by atoms with Crippen molar-refractivity contribution >= 4 is 34.8 Å². The minimum absolute atomic E-state index is 0.113. The molecule has 0 saturated carbocycles. The predicted molar refractivity (Wildman–Crippen MR) is 77.8 cm³/mol. The molecule has 0 aromatic carbocycles. The largest absolute Gasteiger partial charge is 0.396 e. The van der Waals surface area contributed by atoms with Crippen LogP contribution in [0.2, 0.25) is 10.0 Å². The normalized spacial score (nSPS) is 14.1. The molecule has 0 spiro atoms. The number of hydrogen-bond donors (Lipinski definition) is 3. The standard InChI is InChI=1S/C12H19Cl2N3O/c1-4-12(2,5-6-18)17-11-9(14)7-8(13)10(15-3)16-11/h7,18H,4-6H2,1-3H3,(H2,15,16,17). The van der Waals surface area contributed by atoms with Crippen LogP contribution < -0.4 is 10.6 Å². The minimum Gasteiger partial charge on any atom is -0.396 e. The summed E-state index contributed by atoms with van der Waals surface area (Å²) < 4.78 is 0. The second-order valence-corrected chi connectivity index (χ2v) is 5.23. The van der Waals surface area contributed by atoms with Gasteiger partial charge < -0.3 is 15.7 Å². The number of nitrogens with zero attached hydrogens (tertiary/aromatic N) is 1. The van der Waals surface area contributed by atoms with Crippen molar-refractivity contribution in [2.24, 2.45) is 0 Å². The molecule has 0 aliphatic carbocycles. The number of halogens is 2. The maximum atomic E-state index is 9.10. The fourth-order valence-electron chi connectivity index (χ4n) is 1.59. The lowest BCUT2D eigenvalue weighted by atomic mass is 9.95. The van der Waals surface area contributed by atoms with Gasteiger partial charge in [0.05, 0.1) is 10.0 Å². The quantitative estimate of drug-likeness (QED) is 0.752. The van der Waals surface area contributed by atoms with Crippen molar-refractivity contribution in [1.82, 2.24) is 4.98 Å². The molecule has 6 heteroatoms. The van der Waals surface area contributed by atoms with E-state index >= 15 is 0 Å². The molecule has 0 fully saturated rings. The molecule has 102 valence electrons. The van der Waals surface area contributed by atoms with E-state index in [2.05, 4.69) is 15.6 Å². The maximum Gasteiger partial charge on any atom is 0.147 e. The lowest BCUT2D eigenvalue weighted by Gasteiger charge is -2.30. The first-order chi connectivity index (χ1) is 8.45. The average molecular weight is 292 g/mol. The van der Waals surface area contributed by atoms with Gasteiger partial charge in [-0.1, -0.05) is 30.1 Å². The van der Waals surface area contributed by atoms with Gasteiger partial charge in [0.25, 0.3) is 0 Å². The SMILES string of the molecule is CCC(C)(CCO)Nc1nc(NC)c(Cl)cc1Cl. The number of aromatic nitrogens is 1. The molecule has 1 aromatic heterocycles. The molecular weight excluding hydrogens is 273 g/mol. The highest BCUT2D eigenvalue weighted by Crippen LogP contribution is 2.31. The minimum atomic E-state index is -0.246. The zero-order chi connectivity index (χ0) is 13.8. The van der Waals surface area contributed by atoms with Crippen LogP contribution in [0.5, 0.6) is 0 Å². The Balaban J connectivity index is 3.02. The van der Waals surface area contributed by atoms with Crippen LogP contribution in [0.25, 0.3) is 0 Å². The molecule has 1 aromatic rings. The Morgan fingerprint density at radius 2 is 1.94 bits per heavy atom. The van der Waals surface area contributed by atoms with Crippen molar-refractivity contribution in [1.29, 1.82) is 0 Å². The summed E-state index contributed by atoms with van der Waals surface area (Å²) in [6, 6.07) is 1.65. The lowest BCUT2D eigenvalue weighted by Crippen LogP contribution is -2.35. The molecule has 0 saturated heterocycles. The van der Waals surface area contributed by atoms with Gasteiger partial charge in [-0.3, -0.25) is 0 Å². The highest BCUT2D eigenvalue weighted by molar-refractivity contribution is 6.37. The summed E-state index contributed by atoms with van der Waals surface area (Å²) in [7, 11) is 1.75. The Labute approximate surface area is 118 Å². The van der Waals surface area contributed by atoms with Crippen molar-refractivity contribution in [3.05, 3.63) is 16.1 Å². The summed E-state index contributed by atoms with van der Waals surface area (Å²) in [4.78, 5) is 4.34. The predicted octanol–water partition coefficient (Wildman–Crippen LogP) is 3.39. The smallest absolute Gasteiger partial charge is 0.147 e. The summed E-state index contributed by atoms with van der Waals surface area (Å²) in [5.41, 5.74) is -0.246. The van der Waals surface area contributed by atoms with Crippen LogP contribution in [0, 0.1) is 0 Å². The van der Waals surface area contributed by atoms with Crippen molar-refractivity contribution in [3.8, 4) is 0 Å². The number of rotatable bonds is 6. The topological polar surface area (TPSA) is 57.2 Å². The van der Waals surface area contributed by atoms with Gasteiger partial charge in [-0.05, 0) is 25.8 Å². The van der Waals surface area contributed by atoms with Crippen LogP contribution in [0.15, 0.2) is 6.07 Å². The van der Waals surface area contributed by atoms with Gasteiger partial charge in [0, 0.05) is 19.2 Å². The molecule has 1 rings (SSSR count). The number of aliphatic hydroxyl groups excluding tert-OH is 1. The number of nitrogens with one attached hydrogen (secondary N) is 2. The van der Waals surface area contributed by atoms with E-state index in [9.17, 15) is 0 Å². The fourth-order valence-corrected chi connectivity index (χ4v) is 2.09. The molecule has 0 aliphatic rings. The Kier molecular flexibility index (Phi) is 5.50. The first-order valence-electron chi connectivity index (χ1n) is 5.88. The van der Waals surface area contributed by atoms with Gasteiger partial charge in [0.15, 0.2) is 0 Å². The summed E-state index contributed by atoms with van der Waals surface area (Å²) in [5.74, 6) is 1.15. The van der Waals surface area contributed by atoms with Gasteiger partial charge in [0.2, 0.25) is 0 Å². The molecule has 18 heavy (non-hydrogen) atoms. The molecule has 0 amide bonds. The van der Waals surface area contributed by atoms with E-state index in [4.69, 9.17) is 28.3 Å². The van der Waals surface area contributed by atoms with Gasteiger partial charge in [-0.25, -0.2) is 4.98 Å². The molecule has 1 unspecified atom stereocenters. The highest BCUT2D eigenvalue weighted by atomic mass is 35.5. The van der Waals surface area contributed by atoms with E-state index in [1.54, 1.807) is 13.1 Å². The van der Waals surface area contributed by atoms with E-state index in [1.165, 1.54) is 0 Å². The molecule has 0 aliphatic heterocycles. The van der Waals surface area contributed by atoms with Crippen LogP contribution in [0.3, 0.4) is 0 Å². The molecule has 3 N–H and O–H groups in total. The van der Waals surface area contributed by atoms with E-state index in [1.807, 2.05) is 13.8 Å². The number of anilines is 2. The summed E-state index contributed by atoms with van der Waals surface area (Å²) in [6.45, 7) is 4.18.